The maximum absolute atomic E-state index is 10.2. The summed E-state index contributed by atoms with van der Waals surface area (Å²) in [6.07, 6.45) is 0.357. The minimum atomic E-state index is -1.21. The molecule has 3 aromatic rings. The zero-order chi connectivity index (χ0) is 19.5. The minimum absolute atomic E-state index is 0.351. The van der Waals surface area contributed by atoms with E-state index in [2.05, 4.69) is 27.1 Å². The molecule has 4 atom stereocenters. The summed E-state index contributed by atoms with van der Waals surface area (Å²) < 4.78 is 12.8. The van der Waals surface area contributed by atoms with Crippen LogP contribution >= 0.6 is 0 Å². The van der Waals surface area contributed by atoms with Crippen molar-refractivity contribution in [2.24, 2.45) is 0 Å². The topological polar surface area (TPSA) is 123 Å². The number of aliphatic hydroxyl groups is 3. The third kappa shape index (κ3) is 3.57. The van der Waals surface area contributed by atoms with E-state index in [1.165, 1.54) is 22.8 Å². The van der Waals surface area contributed by atoms with E-state index < -0.39 is 31.1 Å². The fourth-order valence-electron chi connectivity index (χ4n) is 3.32. The Hall–Kier alpha value is -2.59. The summed E-state index contributed by atoms with van der Waals surface area (Å²) >= 11 is 0. The van der Waals surface area contributed by atoms with Crippen LogP contribution in [0.2, 0.25) is 0 Å². The molecule has 0 amide bonds. The van der Waals surface area contributed by atoms with Crippen molar-refractivity contribution in [2.45, 2.75) is 37.4 Å². The average molecular weight is 386 g/mol. The van der Waals surface area contributed by atoms with Gasteiger partial charge in [-0.25, -0.2) is 9.97 Å². The molecule has 0 unspecified atom stereocenters. The number of nitrogens with zero attached hydrogens (tertiary/aromatic N) is 4. The molecule has 148 valence electrons. The standard InChI is InChI=1S/C19H22N4O5/c24-9-13-15(25)16(26)19(28-13)23-11-22-14-17(23)20-10-21-18(14)27-8-4-7-12-5-2-1-3-6-12/h1-3,5-6,10-11,13,15-16,19,24-26H,4,7-9H2/t13-,15-,16-,19-/m1/s1. The van der Waals surface area contributed by atoms with Crippen LogP contribution in [-0.4, -0.2) is 66.4 Å². The number of imidazole rings is 1. The molecule has 0 spiro atoms. The summed E-state index contributed by atoms with van der Waals surface area (Å²) in [5.74, 6) is 0.351. The maximum atomic E-state index is 10.2. The van der Waals surface area contributed by atoms with E-state index in [0.29, 0.717) is 23.7 Å². The van der Waals surface area contributed by atoms with E-state index in [0.717, 1.165) is 12.8 Å². The summed E-state index contributed by atoms with van der Waals surface area (Å²) in [4.78, 5) is 12.6. The Morgan fingerprint density at radius 3 is 2.64 bits per heavy atom. The molecule has 3 N–H and O–H groups in total. The van der Waals surface area contributed by atoms with Crippen LogP contribution < -0.4 is 4.74 Å². The summed E-state index contributed by atoms with van der Waals surface area (Å²) in [6.45, 7) is 0.0772. The number of ether oxygens (including phenoxy) is 2. The van der Waals surface area contributed by atoms with Crippen LogP contribution in [0.3, 0.4) is 0 Å². The van der Waals surface area contributed by atoms with Crippen molar-refractivity contribution >= 4 is 11.2 Å². The highest BCUT2D eigenvalue weighted by atomic mass is 16.6. The molecular weight excluding hydrogens is 364 g/mol. The van der Waals surface area contributed by atoms with Crippen LogP contribution in [0.15, 0.2) is 43.0 Å². The first kappa shape index (κ1) is 18.8. The number of aliphatic hydroxyl groups excluding tert-OH is 3. The van der Waals surface area contributed by atoms with E-state index in [4.69, 9.17) is 9.47 Å². The number of aromatic nitrogens is 4. The number of aryl methyl sites for hydroxylation is 1. The van der Waals surface area contributed by atoms with Gasteiger partial charge in [-0.3, -0.25) is 4.57 Å². The van der Waals surface area contributed by atoms with Gasteiger partial charge >= 0.3 is 0 Å². The molecule has 4 rings (SSSR count). The van der Waals surface area contributed by atoms with E-state index in [9.17, 15) is 15.3 Å². The molecule has 9 heteroatoms. The van der Waals surface area contributed by atoms with Gasteiger partial charge in [0.15, 0.2) is 17.4 Å². The highest BCUT2D eigenvalue weighted by Gasteiger charge is 2.44. The van der Waals surface area contributed by atoms with E-state index >= 15 is 0 Å². The van der Waals surface area contributed by atoms with E-state index in [1.54, 1.807) is 0 Å². The lowest BCUT2D eigenvalue weighted by molar-refractivity contribution is -0.0511. The van der Waals surface area contributed by atoms with Crippen molar-refractivity contribution in [3.8, 4) is 5.88 Å². The van der Waals surface area contributed by atoms with Crippen molar-refractivity contribution in [3.63, 3.8) is 0 Å². The Kier molecular flexibility index (Phi) is 5.49. The second kappa shape index (κ2) is 8.19. The zero-order valence-corrected chi connectivity index (χ0v) is 15.1. The molecule has 0 bridgehead atoms. The molecule has 0 radical (unpaired) electrons. The Labute approximate surface area is 161 Å². The summed E-state index contributed by atoms with van der Waals surface area (Å²) in [6, 6.07) is 10.2. The molecule has 1 saturated heterocycles. The average Bonchev–Trinajstić information content (AvgIpc) is 3.28. The predicted octanol–water partition coefficient (Wildman–Crippen LogP) is 0.449. The third-order valence-electron chi connectivity index (χ3n) is 4.81. The second-order valence-electron chi connectivity index (χ2n) is 6.67. The van der Waals surface area contributed by atoms with Crippen LogP contribution in [0.4, 0.5) is 0 Å². The lowest BCUT2D eigenvalue weighted by Crippen LogP contribution is -2.33. The van der Waals surface area contributed by atoms with Gasteiger partial charge in [0.2, 0.25) is 5.88 Å². The second-order valence-corrected chi connectivity index (χ2v) is 6.67. The van der Waals surface area contributed by atoms with Gasteiger partial charge < -0.3 is 24.8 Å². The number of benzene rings is 1. The first-order chi connectivity index (χ1) is 13.7. The molecule has 0 saturated carbocycles. The lowest BCUT2D eigenvalue weighted by Gasteiger charge is -2.16. The van der Waals surface area contributed by atoms with Crippen LogP contribution in [0.25, 0.3) is 11.2 Å². The van der Waals surface area contributed by atoms with E-state index in [-0.39, 0.29) is 0 Å². The molecule has 1 fully saturated rings. The molecule has 2 aromatic heterocycles. The Bertz CT molecular complexity index is 919. The Morgan fingerprint density at radius 2 is 1.89 bits per heavy atom. The summed E-state index contributed by atoms with van der Waals surface area (Å²) in [7, 11) is 0. The number of fused-ring (bicyclic) bond motifs is 1. The Morgan fingerprint density at radius 1 is 1.07 bits per heavy atom. The molecule has 28 heavy (non-hydrogen) atoms. The molecular formula is C19H22N4O5. The van der Waals surface area contributed by atoms with Crippen molar-refractivity contribution in [1.82, 2.24) is 19.5 Å². The van der Waals surface area contributed by atoms with E-state index in [1.807, 2.05) is 18.2 Å². The monoisotopic (exact) mass is 386 g/mol. The summed E-state index contributed by atoms with van der Waals surface area (Å²) in [5.41, 5.74) is 2.11. The normalized spacial score (nSPS) is 24.7. The molecule has 1 aliphatic heterocycles. The molecule has 3 heterocycles. The highest BCUT2D eigenvalue weighted by Crippen LogP contribution is 2.32. The smallest absolute Gasteiger partial charge is 0.245 e. The van der Waals surface area contributed by atoms with Gasteiger partial charge in [0.1, 0.15) is 24.6 Å². The molecule has 9 nitrogen and oxygen atoms in total. The van der Waals surface area contributed by atoms with Crippen LogP contribution in [0, 0.1) is 0 Å². The lowest BCUT2D eigenvalue weighted by atomic mass is 10.1. The van der Waals surface area contributed by atoms with Gasteiger partial charge in [-0.2, -0.15) is 4.98 Å². The van der Waals surface area contributed by atoms with Gasteiger partial charge in [-0.05, 0) is 18.4 Å². The van der Waals surface area contributed by atoms with Gasteiger partial charge in [0.05, 0.1) is 19.5 Å². The van der Waals surface area contributed by atoms with Crippen LogP contribution in [-0.2, 0) is 11.2 Å². The van der Waals surface area contributed by atoms with Crippen LogP contribution in [0.5, 0.6) is 5.88 Å². The van der Waals surface area contributed by atoms with Gasteiger partial charge in [-0.15, -0.1) is 0 Å². The number of hydrogen-bond donors (Lipinski definition) is 3. The Balaban J connectivity index is 1.46. The molecule has 0 aliphatic carbocycles. The van der Waals surface area contributed by atoms with Crippen molar-refractivity contribution in [3.05, 3.63) is 48.5 Å². The SMILES string of the molecule is OC[C@H]1O[C@@H](n2cnc3c(OCCCc4ccccc4)ncnc32)[C@H](O)[C@@H]1O. The predicted molar refractivity (Wildman–Crippen MR) is 98.6 cm³/mol. The van der Waals surface area contributed by atoms with Crippen molar-refractivity contribution in [2.75, 3.05) is 13.2 Å². The van der Waals surface area contributed by atoms with Gasteiger partial charge in [-0.1, -0.05) is 30.3 Å². The van der Waals surface area contributed by atoms with Crippen LogP contribution in [0.1, 0.15) is 18.2 Å². The van der Waals surface area contributed by atoms with Gasteiger partial charge in [0, 0.05) is 0 Å². The minimum Gasteiger partial charge on any atom is -0.476 e. The van der Waals surface area contributed by atoms with Crippen molar-refractivity contribution < 1.29 is 24.8 Å². The number of rotatable bonds is 7. The zero-order valence-electron chi connectivity index (χ0n) is 15.1. The quantitative estimate of drug-likeness (QED) is 0.500. The molecule has 1 aliphatic rings. The largest absolute Gasteiger partial charge is 0.476 e. The summed E-state index contributed by atoms with van der Waals surface area (Å²) in [5, 5.41) is 29.5. The van der Waals surface area contributed by atoms with Crippen molar-refractivity contribution in [1.29, 1.82) is 0 Å². The molecule has 1 aromatic carbocycles. The maximum Gasteiger partial charge on any atom is 0.245 e. The van der Waals surface area contributed by atoms with Gasteiger partial charge in [0.25, 0.3) is 0 Å². The first-order valence-electron chi connectivity index (χ1n) is 9.15. The fourth-order valence-corrected chi connectivity index (χ4v) is 3.32. The first-order valence-corrected chi connectivity index (χ1v) is 9.15. The number of hydrogen-bond acceptors (Lipinski definition) is 8. The third-order valence-corrected chi connectivity index (χ3v) is 4.81. The highest BCUT2D eigenvalue weighted by molar-refractivity contribution is 5.76. The fraction of sp³-hybridized carbons (Fsp3) is 0.421.